The second-order valence-electron chi connectivity index (χ2n) is 18.0. The maximum atomic E-state index is 12.9. The Morgan fingerprint density at radius 1 is 0.414 bits per heavy atom. The maximum Gasteiger partial charge on any atom is 0.472 e. The largest absolute Gasteiger partial charge is 0.472 e. The van der Waals surface area contributed by atoms with Gasteiger partial charge in [-0.15, -0.1) is 0 Å². The first-order valence-corrected chi connectivity index (χ1v) is 29.0. The van der Waals surface area contributed by atoms with Crippen LogP contribution in [0, 0.1) is 0 Å². The van der Waals surface area contributed by atoms with Gasteiger partial charge in [-0.2, -0.15) is 0 Å². The molecule has 0 aromatic carbocycles. The Kier molecular flexibility index (Phi) is 49.5. The normalized spacial score (nSPS) is 14.1. The van der Waals surface area contributed by atoms with Crippen LogP contribution < -0.4 is 0 Å². The molecule has 0 heterocycles. The zero-order valence-electron chi connectivity index (χ0n) is 44.2. The van der Waals surface area contributed by atoms with E-state index in [0.29, 0.717) is 19.3 Å². The van der Waals surface area contributed by atoms with Crippen LogP contribution in [0.3, 0.4) is 0 Å². The van der Waals surface area contributed by atoms with Crippen LogP contribution in [0.15, 0.2) is 85.1 Å². The second kappa shape index (κ2) is 52.0. The summed E-state index contributed by atoms with van der Waals surface area (Å²) < 4.78 is 39.4. The minimum absolute atomic E-state index is 0.133. The molecule has 0 saturated heterocycles. The number of aliphatic hydroxyl groups is 1. The fourth-order valence-corrected chi connectivity index (χ4v) is 7.87. The minimum Gasteiger partial charge on any atom is -0.462 e. The summed E-state index contributed by atoms with van der Waals surface area (Å²) in [6.07, 6.45) is 58.3. The summed E-state index contributed by atoms with van der Waals surface area (Å²) in [5.41, 5.74) is 0. The highest BCUT2D eigenvalue weighted by Gasteiger charge is 2.28. The van der Waals surface area contributed by atoms with Crippen molar-refractivity contribution in [3.8, 4) is 0 Å². The number of ether oxygens (including phenoxy) is 3. The lowest BCUT2D eigenvalue weighted by molar-refractivity contribution is -0.161. The molecule has 2 N–H and O–H groups in total. The molecule has 402 valence electrons. The highest BCUT2D eigenvalue weighted by atomic mass is 31.2. The van der Waals surface area contributed by atoms with E-state index in [-0.39, 0.29) is 25.9 Å². The molecule has 0 fully saturated rings. The summed E-state index contributed by atoms with van der Waals surface area (Å²) in [7, 11) is -4.76. The first-order valence-electron chi connectivity index (χ1n) is 27.5. The summed E-state index contributed by atoms with van der Waals surface area (Å²) in [5.74, 6) is -1.52. The monoisotopic (exact) mass is 1000 g/mol. The molecule has 3 unspecified atom stereocenters. The Morgan fingerprint density at radius 3 is 1.21 bits per heavy atom. The molecule has 0 amide bonds. The van der Waals surface area contributed by atoms with Crippen molar-refractivity contribution in [2.45, 2.75) is 238 Å². The van der Waals surface area contributed by atoms with Crippen molar-refractivity contribution in [2.24, 2.45) is 0 Å². The molecule has 0 aliphatic carbocycles. The summed E-state index contributed by atoms with van der Waals surface area (Å²) in [6, 6.07) is 0. The number of carbonyl (C=O) groups excluding carboxylic acids is 3. The summed E-state index contributed by atoms with van der Waals surface area (Å²) in [5, 5.41) is 9.79. The van der Waals surface area contributed by atoms with Gasteiger partial charge >= 0.3 is 25.7 Å². The van der Waals surface area contributed by atoms with Gasteiger partial charge in [0, 0.05) is 19.3 Å². The minimum atomic E-state index is -4.76. The average Bonchev–Trinajstić information content (AvgIpc) is 3.35. The zero-order valence-corrected chi connectivity index (χ0v) is 45.1. The van der Waals surface area contributed by atoms with Crippen molar-refractivity contribution in [3.63, 3.8) is 0 Å². The second-order valence-corrected chi connectivity index (χ2v) is 19.5. The van der Waals surface area contributed by atoms with Gasteiger partial charge in [-0.25, -0.2) is 4.57 Å². The smallest absolute Gasteiger partial charge is 0.462 e. The van der Waals surface area contributed by atoms with Crippen LogP contribution in [-0.2, 0) is 42.2 Å². The fraction of sp³-hybridized carbons (Fsp3) is 0.707. The van der Waals surface area contributed by atoms with Crippen molar-refractivity contribution < 1.29 is 52.2 Å². The first-order chi connectivity index (χ1) is 34.2. The standard InChI is InChI=1S/C58H99O11P/c1-4-7-10-13-16-19-22-25-26-27-28-31-34-37-40-43-46-49-58(62)69-55(51-65-56(60)47-44-41-38-35-32-29-23-20-17-14-11-8-5-2)53-67-70(63,64)66-52-54(50-59)68-57(61)48-45-42-39-36-33-30-24-21-18-15-12-9-6-3/h7,10-11,14,16,19-21,23-26,28,31,54-55,59H,4-6,8-9,12-13,15,17-18,22,27,29-30,32-53H2,1-3H3,(H,63,64)/b10-7-,14-11-,19-16-,23-20-,24-21-,26-25-,31-28-. The van der Waals surface area contributed by atoms with E-state index in [9.17, 15) is 28.9 Å². The van der Waals surface area contributed by atoms with Crippen LogP contribution in [0.2, 0.25) is 0 Å². The van der Waals surface area contributed by atoms with Crippen LogP contribution in [0.5, 0.6) is 0 Å². The SMILES string of the molecule is CC/C=C\C/C=C\C/C=C\C/C=C\CCCCCCC(=O)OC(COC(=O)CCCCCCC/C=C\C/C=C\CCC)COP(=O)(O)OCC(CO)OC(=O)CCCCCCC/C=C\CCCCCC. The van der Waals surface area contributed by atoms with E-state index in [1.165, 1.54) is 32.1 Å². The van der Waals surface area contributed by atoms with Gasteiger partial charge in [-0.05, 0) is 109 Å². The number of allylic oxidation sites excluding steroid dienone is 14. The summed E-state index contributed by atoms with van der Waals surface area (Å²) >= 11 is 0. The van der Waals surface area contributed by atoms with E-state index >= 15 is 0 Å². The van der Waals surface area contributed by atoms with E-state index in [0.717, 1.165) is 135 Å². The number of phosphoric acid groups is 1. The van der Waals surface area contributed by atoms with Crippen LogP contribution in [0.4, 0.5) is 0 Å². The molecule has 0 aliphatic rings. The van der Waals surface area contributed by atoms with E-state index in [2.05, 4.69) is 106 Å². The van der Waals surface area contributed by atoms with Crippen LogP contribution in [-0.4, -0.2) is 66.5 Å². The highest BCUT2D eigenvalue weighted by molar-refractivity contribution is 7.47. The molecule has 0 saturated carbocycles. The Labute approximate surface area is 426 Å². The van der Waals surface area contributed by atoms with Gasteiger partial charge in [0.1, 0.15) is 12.7 Å². The maximum absolute atomic E-state index is 12.9. The van der Waals surface area contributed by atoms with Gasteiger partial charge in [0.25, 0.3) is 0 Å². The predicted molar refractivity (Wildman–Crippen MR) is 288 cm³/mol. The van der Waals surface area contributed by atoms with Gasteiger partial charge < -0.3 is 24.2 Å². The molecule has 3 atom stereocenters. The first kappa shape index (κ1) is 66.7. The number of carbonyl (C=O) groups is 3. The molecule has 0 spiro atoms. The number of aliphatic hydroxyl groups excluding tert-OH is 1. The van der Waals surface area contributed by atoms with Crippen molar-refractivity contribution >= 4 is 25.7 Å². The van der Waals surface area contributed by atoms with Crippen LogP contribution in [0.25, 0.3) is 0 Å². The number of phosphoric ester groups is 1. The highest BCUT2D eigenvalue weighted by Crippen LogP contribution is 2.43. The molecule has 0 aromatic heterocycles. The molecular weight excluding hydrogens is 904 g/mol. The average molecular weight is 1000 g/mol. The number of rotatable bonds is 50. The Balaban J connectivity index is 4.80. The molecule has 0 aliphatic heterocycles. The third-order valence-electron chi connectivity index (χ3n) is 11.3. The predicted octanol–water partition coefficient (Wildman–Crippen LogP) is 15.9. The molecule has 0 rings (SSSR count). The molecule has 0 bridgehead atoms. The van der Waals surface area contributed by atoms with Crippen molar-refractivity contribution in [3.05, 3.63) is 85.1 Å². The Hall–Kier alpha value is -3.34. The number of esters is 3. The lowest BCUT2D eigenvalue weighted by Crippen LogP contribution is -2.30. The third kappa shape index (κ3) is 49.6. The molecule has 0 radical (unpaired) electrons. The topological polar surface area (TPSA) is 155 Å². The van der Waals surface area contributed by atoms with Crippen molar-refractivity contribution in [2.75, 3.05) is 26.4 Å². The number of unbranched alkanes of at least 4 members (excludes halogenated alkanes) is 19. The van der Waals surface area contributed by atoms with E-state index < -0.39 is 57.8 Å². The van der Waals surface area contributed by atoms with Crippen molar-refractivity contribution in [1.82, 2.24) is 0 Å². The molecule has 12 heteroatoms. The number of hydrogen-bond acceptors (Lipinski definition) is 10. The van der Waals surface area contributed by atoms with Gasteiger partial charge in [0.05, 0.1) is 19.8 Å². The summed E-state index contributed by atoms with van der Waals surface area (Å²) in [6.45, 7) is 4.38. The van der Waals surface area contributed by atoms with Crippen LogP contribution in [0.1, 0.15) is 226 Å². The van der Waals surface area contributed by atoms with Gasteiger partial charge in [0.2, 0.25) is 0 Å². The lowest BCUT2D eigenvalue weighted by Gasteiger charge is -2.21. The molecule has 0 aromatic rings. The molecule has 11 nitrogen and oxygen atoms in total. The molecule has 70 heavy (non-hydrogen) atoms. The third-order valence-corrected chi connectivity index (χ3v) is 12.2. The van der Waals surface area contributed by atoms with Crippen LogP contribution >= 0.6 is 7.82 Å². The quantitative estimate of drug-likeness (QED) is 0.0197. The lowest BCUT2D eigenvalue weighted by atomic mass is 10.1. The Morgan fingerprint density at radius 2 is 0.771 bits per heavy atom. The fourth-order valence-electron chi connectivity index (χ4n) is 7.08. The number of hydrogen-bond donors (Lipinski definition) is 2. The van der Waals surface area contributed by atoms with Gasteiger partial charge in [-0.1, -0.05) is 183 Å². The van der Waals surface area contributed by atoms with Crippen molar-refractivity contribution in [1.29, 1.82) is 0 Å². The zero-order chi connectivity index (χ0) is 51.3. The van der Waals surface area contributed by atoms with E-state index in [1.807, 2.05) is 0 Å². The van der Waals surface area contributed by atoms with E-state index in [4.69, 9.17) is 23.3 Å². The van der Waals surface area contributed by atoms with Gasteiger partial charge in [0.15, 0.2) is 6.10 Å². The van der Waals surface area contributed by atoms with E-state index in [1.54, 1.807) is 0 Å². The van der Waals surface area contributed by atoms with Gasteiger partial charge in [-0.3, -0.25) is 23.4 Å². The Bertz CT molecular complexity index is 1500. The molecular formula is C58H99O11P. The summed E-state index contributed by atoms with van der Waals surface area (Å²) in [4.78, 5) is 48.4.